The Labute approximate surface area is 185 Å². The predicted octanol–water partition coefficient (Wildman–Crippen LogP) is 4.21. The molecule has 3 heterocycles. The van der Waals surface area contributed by atoms with Crippen molar-refractivity contribution in [3.63, 3.8) is 0 Å². The van der Waals surface area contributed by atoms with E-state index in [1.807, 2.05) is 23.1 Å². The van der Waals surface area contributed by atoms with Crippen molar-refractivity contribution >= 4 is 29.0 Å². The molecule has 1 saturated heterocycles. The van der Waals surface area contributed by atoms with Crippen molar-refractivity contribution < 1.29 is 13.2 Å². The van der Waals surface area contributed by atoms with Crippen LogP contribution in [0.25, 0.3) is 5.69 Å². The Morgan fingerprint density at radius 2 is 1.74 bits per heavy atom. The SMILES string of the molecule is O=c1c(Cl)c(CN2CCN(c3ncc(C(F)(F)F)cc3Cl)CC2)[nH]n1-c1ccccc1. The van der Waals surface area contributed by atoms with Crippen LogP contribution in [0.15, 0.2) is 47.4 Å². The van der Waals surface area contributed by atoms with Crippen molar-refractivity contribution in [1.82, 2.24) is 19.7 Å². The van der Waals surface area contributed by atoms with E-state index < -0.39 is 11.7 Å². The second-order valence-corrected chi connectivity index (χ2v) is 7.96. The minimum Gasteiger partial charge on any atom is -0.353 e. The van der Waals surface area contributed by atoms with Gasteiger partial charge in [-0.05, 0) is 18.2 Å². The van der Waals surface area contributed by atoms with Crippen molar-refractivity contribution in [2.24, 2.45) is 0 Å². The number of anilines is 1. The molecule has 6 nitrogen and oxygen atoms in total. The Balaban J connectivity index is 1.43. The molecule has 0 aliphatic carbocycles. The Bertz CT molecular complexity index is 1120. The molecular formula is C20H18Cl2F3N5O. The Hall–Kier alpha value is -2.49. The van der Waals surface area contributed by atoms with Gasteiger partial charge in [0.15, 0.2) is 0 Å². The lowest BCUT2D eigenvalue weighted by atomic mass is 10.2. The summed E-state index contributed by atoms with van der Waals surface area (Å²) in [6.45, 7) is 2.70. The molecule has 1 aliphatic rings. The lowest BCUT2D eigenvalue weighted by Crippen LogP contribution is -2.46. The van der Waals surface area contributed by atoms with Crippen LogP contribution in [0, 0.1) is 0 Å². The number of hydrogen-bond acceptors (Lipinski definition) is 4. The summed E-state index contributed by atoms with van der Waals surface area (Å²) in [5, 5.41) is 3.17. The van der Waals surface area contributed by atoms with E-state index in [-0.39, 0.29) is 15.6 Å². The van der Waals surface area contributed by atoms with Crippen molar-refractivity contribution in [3.05, 3.63) is 74.3 Å². The Kier molecular flexibility index (Phi) is 6.00. The number of para-hydroxylation sites is 1. The van der Waals surface area contributed by atoms with Gasteiger partial charge in [-0.1, -0.05) is 41.4 Å². The first-order valence-electron chi connectivity index (χ1n) is 9.49. The van der Waals surface area contributed by atoms with E-state index in [1.165, 1.54) is 4.68 Å². The van der Waals surface area contributed by atoms with Crippen LogP contribution in [0.1, 0.15) is 11.3 Å². The molecule has 11 heteroatoms. The highest BCUT2D eigenvalue weighted by atomic mass is 35.5. The molecule has 2 aromatic heterocycles. The highest BCUT2D eigenvalue weighted by Gasteiger charge is 2.32. The number of rotatable bonds is 4. The van der Waals surface area contributed by atoms with Gasteiger partial charge in [0.05, 0.1) is 22.0 Å². The molecule has 0 amide bonds. The summed E-state index contributed by atoms with van der Waals surface area (Å²) in [6, 6.07) is 10.0. The monoisotopic (exact) mass is 471 g/mol. The number of hydrogen-bond donors (Lipinski definition) is 1. The third kappa shape index (κ3) is 4.58. The molecule has 1 aliphatic heterocycles. The summed E-state index contributed by atoms with van der Waals surface area (Å²) in [7, 11) is 0. The number of pyridine rings is 1. The van der Waals surface area contributed by atoms with E-state index in [2.05, 4.69) is 15.0 Å². The van der Waals surface area contributed by atoms with Crippen LogP contribution in [-0.4, -0.2) is 45.8 Å². The number of aromatic amines is 1. The van der Waals surface area contributed by atoms with Crippen molar-refractivity contribution in [2.45, 2.75) is 12.7 Å². The molecule has 0 spiro atoms. The van der Waals surface area contributed by atoms with E-state index >= 15 is 0 Å². The van der Waals surface area contributed by atoms with Gasteiger partial charge in [-0.2, -0.15) is 13.2 Å². The topological polar surface area (TPSA) is 57.2 Å². The maximum absolute atomic E-state index is 12.8. The van der Waals surface area contributed by atoms with Crippen molar-refractivity contribution in [3.8, 4) is 5.69 Å². The van der Waals surface area contributed by atoms with Gasteiger partial charge in [0.1, 0.15) is 10.8 Å². The van der Waals surface area contributed by atoms with E-state index in [9.17, 15) is 18.0 Å². The van der Waals surface area contributed by atoms with Gasteiger partial charge in [0.2, 0.25) is 0 Å². The number of halogens is 5. The van der Waals surface area contributed by atoms with Gasteiger partial charge >= 0.3 is 6.18 Å². The molecule has 0 bridgehead atoms. The highest BCUT2D eigenvalue weighted by Crippen LogP contribution is 2.33. The molecule has 0 unspecified atom stereocenters. The number of benzene rings is 1. The fraction of sp³-hybridized carbons (Fsp3) is 0.300. The van der Waals surface area contributed by atoms with E-state index in [0.29, 0.717) is 49.9 Å². The first-order valence-corrected chi connectivity index (χ1v) is 10.2. The average molecular weight is 472 g/mol. The zero-order valence-electron chi connectivity index (χ0n) is 16.2. The quantitative estimate of drug-likeness (QED) is 0.619. The van der Waals surface area contributed by atoms with Gasteiger partial charge < -0.3 is 4.90 Å². The average Bonchev–Trinajstić information content (AvgIpc) is 3.03. The smallest absolute Gasteiger partial charge is 0.353 e. The lowest BCUT2D eigenvalue weighted by molar-refractivity contribution is -0.137. The van der Waals surface area contributed by atoms with Crippen LogP contribution in [-0.2, 0) is 12.7 Å². The van der Waals surface area contributed by atoms with Crippen molar-refractivity contribution in [2.75, 3.05) is 31.1 Å². The van der Waals surface area contributed by atoms with E-state index in [4.69, 9.17) is 23.2 Å². The summed E-state index contributed by atoms with van der Waals surface area (Å²) < 4.78 is 39.8. The van der Waals surface area contributed by atoms with Gasteiger partial charge in [-0.15, -0.1) is 0 Å². The molecular weight excluding hydrogens is 454 g/mol. The minimum atomic E-state index is -4.49. The molecule has 1 fully saturated rings. The standard InChI is InChI=1S/C20H18Cl2F3N5O/c21-15-10-13(20(23,24)25)11-26-18(15)29-8-6-28(7-9-29)12-16-17(22)19(31)30(27-16)14-4-2-1-3-5-14/h1-5,10-11,27H,6-9,12H2. The Morgan fingerprint density at radius 1 is 1.06 bits per heavy atom. The van der Waals surface area contributed by atoms with Crippen molar-refractivity contribution in [1.29, 1.82) is 0 Å². The molecule has 1 N–H and O–H groups in total. The first-order chi connectivity index (χ1) is 14.7. The molecule has 1 aromatic carbocycles. The third-order valence-corrected chi connectivity index (χ3v) is 5.79. The summed E-state index contributed by atoms with van der Waals surface area (Å²) in [5.74, 6) is 0.330. The lowest BCUT2D eigenvalue weighted by Gasteiger charge is -2.35. The fourth-order valence-electron chi connectivity index (χ4n) is 3.49. The molecule has 4 rings (SSSR count). The number of nitrogens with one attached hydrogen (secondary N) is 1. The fourth-order valence-corrected chi connectivity index (χ4v) is 3.96. The van der Waals surface area contributed by atoms with Gasteiger partial charge in [0, 0.05) is 38.9 Å². The highest BCUT2D eigenvalue weighted by molar-refractivity contribution is 6.33. The van der Waals surface area contributed by atoms with Gasteiger partial charge in [0.25, 0.3) is 5.56 Å². The van der Waals surface area contributed by atoms with E-state index in [1.54, 1.807) is 12.1 Å². The second kappa shape index (κ2) is 8.57. The van der Waals surface area contributed by atoms with Crippen LogP contribution in [0.5, 0.6) is 0 Å². The van der Waals surface area contributed by atoms with E-state index in [0.717, 1.165) is 12.3 Å². The van der Waals surface area contributed by atoms with Crippen LogP contribution in [0.2, 0.25) is 10.0 Å². The Morgan fingerprint density at radius 3 is 2.35 bits per heavy atom. The maximum atomic E-state index is 12.8. The number of nitrogens with zero attached hydrogens (tertiary/aromatic N) is 4. The van der Waals surface area contributed by atoms with Crippen LogP contribution in [0.4, 0.5) is 19.0 Å². The van der Waals surface area contributed by atoms with Gasteiger partial charge in [-0.25, -0.2) is 9.67 Å². The van der Waals surface area contributed by atoms with Crippen LogP contribution >= 0.6 is 23.2 Å². The third-order valence-electron chi connectivity index (χ3n) is 5.12. The van der Waals surface area contributed by atoms with Gasteiger partial charge in [-0.3, -0.25) is 14.8 Å². The minimum absolute atomic E-state index is 0.0319. The molecule has 0 atom stereocenters. The summed E-state index contributed by atoms with van der Waals surface area (Å²) in [5.41, 5.74) is 0.104. The zero-order valence-corrected chi connectivity index (χ0v) is 17.7. The second-order valence-electron chi connectivity index (χ2n) is 7.17. The molecule has 0 radical (unpaired) electrons. The normalized spacial score (nSPS) is 15.5. The molecule has 0 saturated carbocycles. The van der Waals surface area contributed by atoms with Crippen LogP contribution in [0.3, 0.4) is 0 Å². The number of piperazine rings is 1. The molecule has 31 heavy (non-hydrogen) atoms. The first kappa shape index (κ1) is 21.7. The maximum Gasteiger partial charge on any atom is 0.417 e. The summed E-state index contributed by atoms with van der Waals surface area (Å²) >= 11 is 12.3. The summed E-state index contributed by atoms with van der Waals surface area (Å²) in [6.07, 6.45) is -3.69. The molecule has 164 valence electrons. The molecule has 3 aromatic rings. The predicted molar refractivity (Wildman–Crippen MR) is 113 cm³/mol. The zero-order chi connectivity index (χ0) is 22.2. The largest absolute Gasteiger partial charge is 0.417 e. The number of alkyl halides is 3. The van der Waals surface area contributed by atoms with Crippen LogP contribution < -0.4 is 10.5 Å². The number of H-pyrrole nitrogens is 1. The number of aromatic nitrogens is 3. The summed E-state index contributed by atoms with van der Waals surface area (Å²) in [4.78, 5) is 20.3.